The molecule has 7 heteroatoms. The van der Waals surface area contributed by atoms with E-state index in [9.17, 15) is 0 Å². The maximum absolute atomic E-state index is 5.88. The molecule has 0 unspecified atom stereocenters. The molecular formula is C23H24N6O. The zero-order valence-corrected chi connectivity index (χ0v) is 17.0. The van der Waals surface area contributed by atoms with Crippen molar-refractivity contribution >= 4 is 5.69 Å². The van der Waals surface area contributed by atoms with Crippen LogP contribution in [0.3, 0.4) is 0 Å². The highest BCUT2D eigenvalue weighted by atomic mass is 16.4. The number of nitrogens with one attached hydrogen (secondary N) is 1. The van der Waals surface area contributed by atoms with E-state index in [0.29, 0.717) is 11.8 Å². The van der Waals surface area contributed by atoms with Gasteiger partial charge in [-0.25, -0.2) is 0 Å². The maximum atomic E-state index is 5.88. The average Bonchev–Trinajstić information content (AvgIpc) is 3.37. The van der Waals surface area contributed by atoms with Crippen LogP contribution in [0.15, 0.2) is 59.0 Å². The standard InChI is InChI=1S/C23H24N6O/c1-16(22-27-28-23(30-22)17-9-4-2-5-10-17)24-19-12-8-11-18(15-19)21-26-25-20-13-6-3-7-14-29(20)21/h2,4-5,8-12,15-16,24H,3,6-7,13-14H2,1H3/t16-/m0/s1. The van der Waals surface area contributed by atoms with Gasteiger partial charge in [0.15, 0.2) is 5.82 Å². The Hall–Kier alpha value is -3.48. The first-order valence-corrected chi connectivity index (χ1v) is 10.5. The summed E-state index contributed by atoms with van der Waals surface area (Å²) >= 11 is 0. The normalized spacial score (nSPS) is 14.7. The Kier molecular flexibility index (Phi) is 5.01. The number of fused-ring (bicyclic) bond motifs is 1. The first-order valence-electron chi connectivity index (χ1n) is 10.5. The molecule has 5 rings (SSSR count). The molecule has 1 N–H and O–H groups in total. The van der Waals surface area contributed by atoms with E-state index in [1.54, 1.807) is 0 Å². The summed E-state index contributed by atoms with van der Waals surface area (Å²) in [5, 5.41) is 20.8. The largest absolute Gasteiger partial charge is 0.418 e. The van der Waals surface area contributed by atoms with E-state index in [1.165, 1.54) is 19.3 Å². The summed E-state index contributed by atoms with van der Waals surface area (Å²) in [6.07, 6.45) is 4.61. The van der Waals surface area contributed by atoms with Crippen LogP contribution >= 0.6 is 0 Å². The highest BCUT2D eigenvalue weighted by Crippen LogP contribution is 2.27. The number of hydrogen-bond donors (Lipinski definition) is 1. The first kappa shape index (κ1) is 18.5. The van der Waals surface area contributed by atoms with Crippen LogP contribution in [0.2, 0.25) is 0 Å². The fourth-order valence-electron chi connectivity index (χ4n) is 3.87. The van der Waals surface area contributed by atoms with Gasteiger partial charge < -0.3 is 14.3 Å². The molecule has 0 aliphatic carbocycles. The lowest BCUT2D eigenvalue weighted by Crippen LogP contribution is -2.07. The second-order valence-corrected chi connectivity index (χ2v) is 7.66. The summed E-state index contributed by atoms with van der Waals surface area (Å²) in [5.41, 5.74) is 2.95. The lowest BCUT2D eigenvalue weighted by molar-refractivity contribution is 0.485. The zero-order valence-electron chi connectivity index (χ0n) is 17.0. The molecule has 3 heterocycles. The Bertz CT molecular complexity index is 1130. The molecule has 0 radical (unpaired) electrons. The van der Waals surface area contributed by atoms with Crippen molar-refractivity contribution < 1.29 is 4.42 Å². The predicted octanol–water partition coefficient (Wildman–Crippen LogP) is 4.89. The summed E-state index contributed by atoms with van der Waals surface area (Å²) in [5.74, 6) is 3.11. The predicted molar refractivity (Wildman–Crippen MR) is 115 cm³/mol. The molecule has 0 spiro atoms. The number of aryl methyl sites for hydroxylation is 1. The highest BCUT2D eigenvalue weighted by molar-refractivity contribution is 5.63. The summed E-state index contributed by atoms with van der Waals surface area (Å²) < 4.78 is 8.15. The van der Waals surface area contributed by atoms with Gasteiger partial charge in [0.25, 0.3) is 0 Å². The second-order valence-electron chi connectivity index (χ2n) is 7.66. The minimum Gasteiger partial charge on any atom is -0.418 e. The van der Waals surface area contributed by atoms with Gasteiger partial charge in [-0.05, 0) is 44.0 Å². The van der Waals surface area contributed by atoms with E-state index in [2.05, 4.69) is 42.4 Å². The maximum Gasteiger partial charge on any atom is 0.247 e. The minimum absolute atomic E-state index is 0.124. The molecule has 4 aromatic rings. The van der Waals surface area contributed by atoms with Crippen molar-refractivity contribution in [3.63, 3.8) is 0 Å². The summed E-state index contributed by atoms with van der Waals surface area (Å²) in [4.78, 5) is 0. The molecule has 2 aromatic carbocycles. The van der Waals surface area contributed by atoms with E-state index in [0.717, 1.165) is 41.4 Å². The molecule has 0 saturated carbocycles. The Morgan fingerprint density at radius 3 is 2.67 bits per heavy atom. The van der Waals surface area contributed by atoms with Crippen LogP contribution in [0, 0.1) is 0 Å². The molecule has 0 saturated heterocycles. The topological polar surface area (TPSA) is 81.7 Å². The van der Waals surface area contributed by atoms with Gasteiger partial charge in [-0.1, -0.05) is 36.8 Å². The number of nitrogens with zero attached hydrogens (tertiary/aromatic N) is 5. The van der Waals surface area contributed by atoms with Crippen LogP contribution in [-0.2, 0) is 13.0 Å². The third-order valence-corrected chi connectivity index (χ3v) is 5.45. The van der Waals surface area contributed by atoms with Crippen molar-refractivity contribution in [3.8, 4) is 22.8 Å². The van der Waals surface area contributed by atoms with Crippen LogP contribution < -0.4 is 5.32 Å². The summed E-state index contributed by atoms with van der Waals surface area (Å²) in [6.45, 7) is 2.99. The molecular weight excluding hydrogens is 376 g/mol. The smallest absolute Gasteiger partial charge is 0.247 e. The lowest BCUT2D eigenvalue weighted by atomic mass is 10.1. The van der Waals surface area contributed by atoms with Gasteiger partial charge in [0, 0.05) is 29.8 Å². The van der Waals surface area contributed by atoms with Crippen molar-refractivity contribution in [3.05, 3.63) is 66.3 Å². The molecule has 30 heavy (non-hydrogen) atoms. The van der Waals surface area contributed by atoms with Gasteiger partial charge in [0.2, 0.25) is 11.8 Å². The van der Waals surface area contributed by atoms with E-state index in [-0.39, 0.29) is 6.04 Å². The van der Waals surface area contributed by atoms with Crippen molar-refractivity contribution in [2.24, 2.45) is 0 Å². The molecule has 2 aromatic heterocycles. The molecule has 7 nitrogen and oxygen atoms in total. The van der Waals surface area contributed by atoms with E-state index in [1.807, 2.05) is 49.4 Å². The molecule has 1 aliphatic rings. The number of anilines is 1. The molecule has 152 valence electrons. The minimum atomic E-state index is -0.124. The van der Waals surface area contributed by atoms with Crippen molar-refractivity contribution in [1.82, 2.24) is 25.0 Å². The van der Waals surface area contributed by atoms with Gasteiger partial charge in [-0.15, -0.1) is 20.4 Å². The number of rotatable bonds is 5. The van der Waals surface area contributed by atoms with Gasteiger partial charge in [0.1, 0.15) is 11.9 Å². The van der Waals surface area contributed by atoms with Crippen molar-refractivity contribution in [1.29, 1.82) is 0 Å². The lowest BCUT2D eigenvalue weighted by Gasteiger charge is -2.13. The number of aromatic nitrogens is 5. The second kappa shape index (κ2) is 8.10. The number of hydrogen-bond acceptors (Lipinski definition) is 6. The fourth-order valence-corrected chi connectivity index (χ4v) is 3.87. The molecule has 1 atom stereocenters. The Balaban J connectivity index is 1.35. The summed E-state index contributed by atoms with van der Waals surface area (Å²) in [6, 6.07) is 17.9. The van der Waals surface area contributed by atoms with Crippen LogP contribution in [0.4, 0.5) is 5.69 Å². The summed E-state index contributed by atoms with van der Waals surface area (Å²) in [7, 11) is 0. The van der Waals surface area contributed by atoms with Crippen molar-refractivity contribution in [2.45, 2.75) is 45.2 Å². The third-order valence-electron chi connectivity index (χ3n) is 5.45. The Labute approximate surface area is 175 Å². The van der Waals surface area contributed by atoms with Crippen LogP contribution in [0.1, 0.15) is 43.9 Å². The van der Waals surface area contributed by atoms with Gasteiger partial charge in [-0.3, -0.25) is 0 Å². The number of benzene rings is 2. The van der Waals surface area contributed by atoms with Crippen molar-refractivity contribution in [2.75, 3.05) is 5.32 Å². The van der Waals surface area contributed by atoms with Gasteiger partial charge in [0.05, 0.1) is 0 Å². The van der Waals surface area contributed by atoms with Crippen LogP contribution in [0.25, 0.3) is 22.8 Å². The zero-order chi connectivity index (χ0) is 20.3. The molecule has 1 aliphatic heterocycles. The van der Waals surface area contributed by atoms with E-state index < -0.39 is 0 Å². The molecule has 0 amide bonds. The van der Waals surface area contributed by atoms with Gasteiger partial charge in [-0.2, -0.15) is 0 Å². The highest BCUT2D eigenvalue weighted by Gasteiger charge is 2.18. The van der Waals surface area contributed by atoms with Crippen LogP contribution in [-0.4, -0.2) is 25.0 Å². The first-order chi connectivity index (χ1) is 14.8. The van der Waals surface area contributed by atoms with E-state index in [4.69, 9.17) is 4.42 Å². The third kappa shape index (κ3) is 3.70. The monoisotopic (exact) mass is 400 g/mol. The Morgan fingerprint density at radius 2 is 1.77 bits per heavy atom. The van der Waals surface area contributed by atoms with Crippen LogP contribution in [0.5, 0.6) is 0 Å². The SMILES string of the molecule is C[C@H](Nc1cccc(-c2nnc3n2CCCCC3)c1)c1nnc(-c2ccccc2)o1. The molecule has 0 fully saturated rings. The quantitative estimate of drug-likeness (QED) is 0.513. The fraction of sp³-hybridized carbons (Fsp3) is 0.304. The molecule has 0 bridgehead atoms. The average molecular weight is 400 g/mol. The van der Waals surface area contributed by atoms with Gasteiger partial charge >= 0.3 is 0 Å². The van der Waals surface area contributed by atoms with E-state index >= 15 is 0 Å². The Morgan fingerprint density at radius 1 is 0.900 bits per heavy atom.